The molecule has 0 saturated carbocycles. The third kappa shape index (κ3) is 3.83. The number of phenolic OH excluding ortho intramolecular Hbond substituents is 1. The first-order chi connectivity index (χ1) is 11.1. The van der Waals surface area contributed by atoms with E-state index in [2.05, 4.69) is 5.32 Å². The largest absolute Gasteiger partial charge is 0.508 e. The molecule has 2 aromatic carbocycles. The van der Waals surface area contributed by atoms with Crippen LogP contribution in [0.1, 0.15) is 29.9 Å². The number of likely N-dealkylation sites (tertiary alicyclic amines) is 1. The topological polar surface area (TPSA) is 52.6 Å². The molecule has 0 bridgehead atoms. The summed E-state index contributed by atoms with van der Waals surface area (Å²) in [4.78, 5) is 14.2. The fraction of sp³-hybridized carbons (Fsp3) is 0.316. The zero-order valence-corrected chi connectivity index (χ0v) is 13.3. The molecule has 4 heteroatoms. The van der Waals surface area contributed by atoms with Crippen LogP contribution in [0.25, 0.3) is 0 Å². The van der Waals surface area contributed by atoms with Crippen LogP contribution in [0.5, 0.6) is 5.75 Å². The molecule has 4 nitrogen and oxygen atoms in total. The van der Waals surface area contributed by atoms with Gasteiger partial charge in [-0.25, -0.2) is 4.79 Å². The van der Waals surface area contributed by atoms with E-state index in [1.807, 2.05) is 48.2 Å². The van der Waals surface area contributed by atoms with Crippen LogP contribution < -0.4 is 5.32 Å². The van der Waals surface area contributed by atoms with Gasteiger partial charge in [-0.2, -0.15) is 0 Å². The minimum atomic E-state index is -0.0280. The van der Waals surface area contributed by atoms with E-state index < -0.39 is 0 Å². The maximum absolute atomic E-state index is 12.3. The van der Waals surface area contributed by atoms with Crippen LogP contribution in [0.15, 0.2) is 48.5 Å². The first-order valence-electron chi connectivity index (χ1n) is 8.03. The SMILES string of the molecule is Cc1cccc(NC(=O)N2CCC(c3ccc(O)cc3)CC2)c1. The highest BCUT2D eigenvalue weighted by atomic mass is 16.3. The van der Waals surface area contributed by atoms with Gasteiger partial charge in [-0.05, 0) is 61.1 Å². The monoisotopic (exact) mass is 310 g/mol. The molecular formula is C19H22N2O2. The van der Waals surface area contributed by atoms with E-state index in [-0.39, 0.29) is 6.03 Å². The van der Waals surface area contributed by atoms with Gasteiger partial charge in [-0.3, -0.25) is 0 Å². The van der Waals surface area contributed by atoms with E-state index in [1.54, 1.807) is 12.1 Å². The second-order valence-corrected chi connectivity index (χ2v) is 6.15. The van der Waals surface area contributed by atoms with Crippen molar-refractivity contribution in [2.75, 3.05) is 18.4 Å². The number of rotatable bonds is 2. The van der Waals surface area contributed by atoms with E-state index in [9.17, 15) is 9.90 Å². The van der Waals surface area contributed by atoms with Crippen molar-refractivity contribution in [2.45, 2.75) is 25.7 Å². The lowest BCUT2D eigenvalue weighted by molar-refractivity contribution is 0.194. The maximum atomic E-state index is 12.3. The van der Waals surface area contributed by atoms with Gasteiger partial charge in [0.05, 0.1) is 0 Å². The van der Waals surface area contributed by atoms with Crippen molar-refractivity contribution >= 4 is 11.7 Å². The molecule has 1 heterocycles. The van der Waals surface area contributed by atoms with Crippen LogP contribution in [0.3, 0.4) is 0 Å². The summed E-state index contributed by atoms with van der Waals surface area (Å²) in [5, 5.41) is 12.3. The van der Waals surface area contributed by atoms with Gasteiger partial charge in [0.1, 0.15) is 5.75 Å². The Kier molecular flexibility index (Phi) is 4.51. The van der Waals surface area contributed by atoms with Crippen molar-refractivity contribution < 1.29 is 9.90 Å². The smallest absolute Gasteiger partial charge is 0.321 e. The number of aryl methyl sites for hydroxylation is 1. The standard InChI is InChI=1S/C19H22N2O2/c1-14-3-2-4-17(13-14)20-19(23)21-11-9-16(10-12-21)15-5-7-18(22)8-6-15/h2-8,13,16,22H,9-12H2,1H3,(H,20,23). The molecule has 1 aliphatic rings. The van der Waals surface area contributed by atoms with Crippen LogP contribution in [0.2, 0.25) is 0 Å². The first-order valence-corrected chi connectivity index (χ1v) is 8.03. The summed E-state index contributed by atoms with van der Waals surface area (Å²) in [5.74, 6) is 0.752. The van der Waals surface area contributed by atoms with Crippen LogP contribution in [-0.4, -0.2) is 29.1 Å². The Bertz CT molecular complexity index is 674. The maximum Gasteiger partial charge on any atom is 0.321 e. The minimum Gasteiger partial charge on any atom is -0.508 e. The number of nitrogens with one attached hydrogen (secondary N) is 1. The molecule has 0 spiro atoms. The molecule has 1 aliphatic heterocycles. The van der Waals surface area contributed by atoms with Crippen molar-refractivity contribution in [3.05, 3.63) is 59.7 Å². The first kappa shape index (κ1) is 15.4. The Balaban J connectivity index is 1.56. The van der Waals surface area contributed by atoms with Crippen molar-refractivity contribution in [3.63, 3.8) is 0 Å². The van der Waals surface area contributed by atoms with Crippen LogP contribution in [0.4, 0.5) is 10.5 Å². The molecule has 1 fully saturated rings. The van der Waals surface area contributed by atoms with Crippen molar-refractivity contribution in [1.29, 1.82) is 0 Å². The van der Waals surface area contributed by atoms with Crippen LogP contribution in [-0.2, 0) is 0 Å². The number of amides is 2. The number of benzene rings is 2. The van der Waals surface area contributed by atoms with Gasteiger partial charge in [0.15, 0.2) is 0 Å². The molecule has 0 aromatic heterocycles. The lowest BCUT2D eigenvalue weighted by atomic mass is 9.89. The van der Waals surface area contributed by atoms with Crippen molar-refractivity contribution in [1.82, 2.24) is 4.90 Å². The van der Waals surface area contributed by atoms with E-state index >= 15 is 0 Å². The summed E-state index contributed by atoms with van der Waals surface area (Å²) < 4.78 is 0. The predicted molar refractivity (Wildman–Crippen MR) is 91.9 cm³/mol. The Morgan fingerprint density at radius 2 is 1.83 bits per heavy atom. The van der Waals surface area contributed by atoms with Gasteiger partial charge >= 0.3 is 6.03 Å². The van der Waals surface area contributed by atoms with Gasteiger partial charge in [-0.15, -0.1) is 0 Å². The average Bonchev–Trinajstić information content (AvgIpc) is 2.56. The molecule has 2 N–H and O–H groups in total. The highest BCUT2D eigenvalue weighted by Gasteiger charge is 2.23. The molecule has 2 aromatic rings. The van der Waals surface area contributed by atoms with Gasteiger partial charge < -0.3 is 15.3 Å². The molecule has 0 unspecified atom stereocenters. The molecular weight excluding hydrogens is 288 g/mol. The number of urea groups is 1. The second kappa shape index (κ2) is 6.73. The molecule has 2 amide bonds. The zero-order valence-electron chi connectivity index (χ0n) is 13.3. The van der Waals surface area contributed by atoms with Gasteiger partial charge in [0.2, 0.25) is 0 Å². The molecule has 0 atom stereocenters. The number of anilines is 1. The normalized spacial score (nSPS) is 15.4. The zero-order chi connectivity index (χ0) is 16.2. The van der Waals surface area contributed by atoms with Crippen molar-refractivity contribution in [3.8, 4) is 5.75 Å². The van der Waals surface area contributed by atoms with E-state index in [4.69, 9.17) is 0 Å². The number of nitrogens with zero attached hydrogens (tertiary/aromatic N) is 1. The Morgan fingerprint density at radius 1 is 1.13 bits per heavy atom. The van der Waals surface area contributed by atoms with Crippen molar-refractivity contribution in [2.24, 2.45) is 0 Å². The lowest BCUT2D eigenvalue weighted by Gasteiger charge is -2.32. The third-order valence-electron chi connectivity index (χ3n) is 4.42. The second-order valence-electron chi connectivity index (χ2n) is 6.15. The van der Waals surface area contributed by atoms with Crippen LogP contribution in [0, 0.1) is 6.92 Å². The van der Waals surface area contributed by atoms with Gasteiger partial charge in [0, 0.05) is 18.8 Å². The number of piperidine rings is 1. The molecule has 3 rings (SSSR count). The quantitative estimate of drug-likeness (QED) is 0.877. The number of hydrogen-bond donors (Lipinski definition) is 2. The van der Waals surface area contributed by atoms with Crippen LogP contribution >= 0.6 is 0 Å². The molecule has 0 radical (unpaired) electrons. The summed E-state index contributed by atoms with van der Waals surface area (Å²) in [6.45, 7) is 3.52. The van der Waals surface area contributed by atoms with E-state index in [0.717, 1.165) is 37.2 Å². The fourth-order valence-electron chi connectivity index (χ4n) is 3.09. The number of phenols is 1. The highest BCUT2D eigenvalue weighted by molar-refractivity contribution is 5.89. The van der Waals surface area contributed by atoms with E-state index in [1.165, 1.54) is 5.56 Å². The Morgan fingerprint density at radius 3 is 2.48 bits per heavy atom. The summed E-state index contributed by atoms with van der Waals surface area (Å²) in [7, 11) is 0. The molecule has 1 saturated heterocycles. The predicted octanol–water partition coefficient (Wildman–Crippen LogP) is 4.11. The number of carbonyl (C=O) groups is 1. The van der Waals surface area contributed by atoms with E-state index in [0.29, 0.717) is 11.7 Å². The number of aromatic hydroxyl groups is 1. The average molecular weight is 310 g/mol. The summed E-state index contributed by atoms with van der Waals surface area (Å²) in [6, 6.07) is 15.2. The number of carbonyl (C=O) groups excluding carboxylic acids is 1. The molecule has 120 valence electrons. The summed E-state index contributed by atoms with van der Waals surface area (Å²) in [6.07, 6.45) is 1.90. The van der Waals surface area contributed by atoms with Gasteiger partial charge in [0.25, 0.3) is 0 Å². The molecule has 0 aliphatic carbocycles. The molecule has 23 heavy (non-hydrogen) atoms. The fourth-order valence-corrected chi connectivity index (χ4v) is 3.09. The lowest BCUT2D eigenvalue weighted by Crippen LogP contribution is -2.40. The number of hydrogen-bond acceptors (Lipinski definition) is 2. The third-order valence-corrected chi connectivity index (χ3v) is 4.42. The Labute approximate surface area is 136 Å². The summed E-state index contributed by atoms with van der Waals surface area (Å²) >= 11 is 0. The minimum absolute atomic E-state index is 0.0280. The van der Waals surface area contributed by atoms with Gasteiger partial charge in [-0.1, -0.05) is 24.3 Å². The Hall–Kier alpha value is -2.49. The highest BCUT2D eigenvalue weighted by Crippen LogP contribution is 2.29. The summed E-state index contributed by atoms with van der Waals surface area (Å²) in [5.41, 5.74) is 3.21.